The van der Waals surface area contributed by atoms with Gasteiger partial charge in [-0.1, -0.05) is 42.5 Å². The molecule has 0 aliphatic carbocycles. The highest BCUT2D eigenvalue weighted by Gasteiger charge is 2.16. The third-order valence-electron chi connectivity index (χ3n) is 4.09. The molecule has 0 saturated carbocycles. The third-order valence-corrected chi connectivity index (χ3v) is 4.09. The Morgan fingerprint density at radius 3 is 1.72 bits per heavy atom. The fourth-order valence-electron chi connectivity index (χ4n) is 2.73. The van der Waals surface area contributed by atoms with E-state index in [1.807, 2.05) is 42.5 Å². The van der Waals surface area contributed by atoms with Gasteiger partial charge in [-0.15, -0.1) is 0 Å². The second-order valence-electron chi connectivity index (χ2n) is 5.81. The number of aromatic hydroxyl groups is 2. The molecule has 0 fully saturated rings. The number of hydrogen-bond acceptors (Lipinski definition) is 3. The molecule has 3 N–H and O–H groups in total. The first kappa shape index (κ1) is 16.6. The van der Waals surface area contributed by atoms with Crippen LogP contribution in [0.1, 0.15) is 27.4 Å². The van der Waals surface area contributed by atoms with E-state index in [9.17, 15) is 15.0 Å². The molecule has 0 aromatic heterocycles. The number of rotatable bonds is 5. The van der Waals surface area contributed by atoms with Crippen LogP contribution in [-0.2, 0) is 0 Å². The Hall–Kier alpha value is -3.27. The Kier molecular flexibility index (Phi) is 5.00. The Morgan fingerprint density at radius 2 is 1.24 bits per heavy atom. The van der Waals surface area contributed by atoms with E-state index in [0.717, 1.165) is 11.1 Å². The number of nitrogens with one attached hydrogen (secondary N) is 1. The lowest BCUT2D eigenvalue weighted by Gasteiger charge is -2.19. The molecule has 0 aliphatic heterocycles. The second-order valence-corrected chi connectivity index (χ2v) is 5.81. The highest BCUT2D eigenvalue weighted by atomic mass is 16.3. The molecule has 126 valence electrons. The molecule has 0 aliphatic rings. The summed E-state index contributed by atoms with van der Waals surface area (Å²) in [6.07, 6.45) is 0. The van der Waals surface area contributed by atoms with Gasteiger partial charge in [0.15, 0.2) is 0 Å². The molecule has 0 radical (unpaired) electrons. The van der Waals surface area contributed by atoms with E-state index in [0.29, 0.717) is 12.1 Å². The van der Waals surface area contributed by atoms with Crippen LogP contribution < -0.4 is 5.32 Å². The predicted molar refractivity (Wildman–Crippen MR) is 96.8 cm³/mol. The summed E-state index contributed by atoms with van der Waals surface area (Å²) in [6, 6.07) is 22.9. The average Bonchev–Trinajstić information content (AvgIpc) is 2.65. The van der Waals surface area contributed by atoms with Gasteiger partial charge in [0.05, 0.1) is 0 Å². The normalized spacial score (nSPS) is 10.6. The van der Waals surface area contributed by atoms with Gasteiger partial charge in [-0.05, 0) is 47.5 Å². The summed E-state index contributed by atoms with van der Waals surface area (Å²) in [6.45, 7) is 0.406. The van der Waals surface area contributed by atoms with Crippen LogP contribution >= 0.6 is 0 Å². The van der Waals surface area contributed by atoms with Gasteiger partial charge in [-0.25, -0.2) is 0 Å². The van der Waals surface area contributed by atoms with Crippen LogP contribution in [0.2, 0.25) is 0 Å². The van der Waals surface area contributed by atoms with Gasteiger partial charge in [0.1, 0.15) is 11.5 Å². The molecule has 0 heterocycles. The summed E-state index contributed by atoms with van der Waals surface area (Å²) < 4.78 is 0. The fourth-order valence-corrected chi connectivity index (χ4v) is 2.73. The van der Waals surface area contributed by atoms with Crippen LogP contribution in [0, 0.1) is 0 Å². The van der Waals surface area contributed by atoms with Gasteiger partial charge in [0.25, 0.3) is 5.91 Å². The van der Waals surface area contributed by atoms with Crippen LogP contribution in [0.3, 0.4) is 0 Å². The highest BCUT2D eigenvalue weighted by molar-refractivity contribution is 5.94. The zero-order valence-electron chi connectivity index (χ0n) is 13.6. The number of phenolic OH excluding ortho intramolecular Hbond substituents is 2. The molecule has 3 aromatic carbocycles. The van der Waals surface area contributed by atoms with Crippen molar-refractivity contribution in [1.29, 1.82) is 0 Å². The molecule has 25 heavy (non-hydrogen) atoms. The van der Waals surface area contributed by atoms with Crippen molar-refractivity contribution in [3.63, 3.8) is 0 Å². The molecule has 4 nitrogen and oxygen atoms in total. The molecule has 0 spiro atoms. The minimum absolute atomic E-state index is 0.0890. The quantitative estimate of drug-likeness (QED) is 0.667. The number of carbonyl (C=O) groups is 1. The summed E-state index contributed by atoms with van der Waals surface area (Å²) in [4.78, 5) is 12.3. The van der Waals surface area contributed by atoms with Gasteiger partial charge < -0.3 is 15.5 Å². The second kappa shape index (κ2) is 7.53. The van der Waals surface area contributed by atoms with Crippen molar-refractivity contribution in [2.24, 2.45) is 0 Å². The predicted octanol–water partition coefficient (Wildman–Crippen LogP) is 3.66. The van der Waals surface area contributed by atoms with Gasteiger partial charge in [-0.2, -0.15) is 0 Å². The van der Waals surface area contributed by atoms with E-state index < -0.39 is 0 Å². The van der Waals surface area contributed by atoms with Crippen molar-refractivity contribution in [3.8, 4) is 11.5 Å². The van der Waals surface area contributed by atoms with Crippen molar-refractivity contribution in [2.45, 2.75) is 5.92 Å². The molecule has 0 unspecified atom stereocenters. The first-order valence-electron chi connectivity index (χ1n) is 8.04. The molecule has 1 amide bonds. The number of benzene rings is 3. The zero-order chi connectivity index (χ0) is 17.6. The summed E-state index contributed by atoms with van der Waals surface area (Å²) in [5.74, 6) is 0.167. The highest BCUT2D eigenvalue weighted by Crippen LogP contribution is 2.27. The van der Waals surface area contributed by atoms with Crippen LogP contribution in [0.15, 0.2) is 78.9 Å². The third kappa shape index (κ3) is 4.18. The molecule has 0 saturated heterocycles. The Morgan fingerprint density at radius 1 is 0.760 bits per heavy atom. The zero-order valence-corrected chi connectivity index (χ0v) is 13.6. The lowest BCUT2D eigenvalue weighted by molar-refractivity contribution is 0.0952. The molecule has 0 atom stereocenters. The maximum absolute atomic E-state index is 12.3. The molecular weight excluding hydrogens is 314 g/mol. The van der Waals surface area contributed by atoms with Crippen LogP contribution in [-0.4, -0.2) is 22.7 Å². The molecular formula is C21H19NO3. The van der Waals surface area contributed by atoms with Crippen molar-refractivity contribution in [1.82, 2.24) is 5.32 Å². The Labute approximate surface area is 146 Å². The van der Waals surface area contributed by atoms with Crippen molar-refractivity contribution in [2.75, 3.05) is 6.54 Å². The van der Waals surface area contributed by atoms with E-state index in [1.165, 1.54) is 0 Å². The smallest absolute Gasteiger partial charge is 0.251 e. The topological polar surface area (TPSA) is 69.6 Å². The largest absolute Gasteiger partial charge is 0.508 e. The van der Waals surface area contributed by atoms with Gasteiger partial charge in [-0.3, -0.25) is 4.79 Å². The van der Waals surface area contributed by atoms with Gasteiger partial charge in [0.2, 0.25) is 0 Å². The van der Waals surface area contributed by atoms with E-state index in [-0.39, 0.29) is 23.3 Å². The summed E-state index contributed by atoms with van der Waals surface area (Å²) >= 11 is 0. The number of amides is 1. The first-order chi connectivity index (χ1) is 12.1. The van der Waals surface area contributed by atoms with Crippen molar-refractivity contribution in [3.05, 3.63) is 95.6 Å². The van der Waals surface area contributed by atoms with Crippen molar-refractivity contribution >= 4 is 5.91 Å². The maximum Gasteiger partial charge on any atom is 0.251 e. The number of phenols is 2. The lowest BCUT2D eigenvalue weighted by Crippen LogP contribution is -2.28. The van der Waals surface area contributed by atoms with Gasteiger partial charge in [0, 0.05) is 18.0 Å². The number of hydrogen-bond donors (Lipinski definition) is 3. The van der Waals surface area contributed by atoms with Crippen LogP contribution in [0.4, 0.5) is 0 Å². The molecule has 0 bridgehead atoms. The van der Waals surface area contributed by atoms with E-state index in [1.54, 1.807) is 36.4 Å². The SMILES string of the molecule is O=C(NCC(c1ccc(O)cc1)c1ccc(O)cc1)c1ccccc1. The molecule has 4 heteroatoms. The van der Waals surface area contributed by atoms with Crippen LogP contribution in [0.5, 0.6) is 11.5 Å². The monoisotopic (exact) mass is 333 g/mol. The van der Waals surface area contributed by atoms with Crippen LogP contribution in [0.25, 0.3) is 0 Å². The Balaban J connectivity index is 1.82. The standard InChI is InChI=1S/C21H19NO3/c23-18-10-6-15(7-11-18)20(16-8-12-19(24)13-9-16)14-22-21(25)17-4-2-1-3-5-17/h1-13,20,23-24H,14H2,(H,22,25). The maximum atomic E-state index is 12.3. The number of carbonyl (C=O) groups excluding carboxylic acids is 1. The van der Waals surface area contributed by atoms with E-state index >= 15 is 0 Å². The van der Waals surface area contributed by atoms with E-state index in [2.05, 4.69) is 5.32 Å². The lowest BCUT2D eigenvalue weighted by atomic mass is 9.91. The minimum Gasteiger partial charge on any atom is -0.508 e. The summed E-state index contributed by atoms with van der Waals surface area (Å²) in [5.41, 5.74) is 2.55. The van der Waals surface area contributed by atoms with Crippen molar-refractivity contribution < 1.29 is 15.0 Å². The summed E-state index contributed by atoms with van der Waals surface area (Å²) in [7, 11) is 0. The fraction of sp³-hybridized carbons (Fsp3) is 0.0952. The average molecular weight is 333 g/mol. The minimum atomic E-state index is -0.136. The molecule has 3 rings (SSSR count). The molecule has 3 aromatic rings. The summed E-state index contributed by atoms with van der Waals surface area (Å²) in [5, 5.41) is 22.0. The van der Waals surface area contributed by atoms with E-state index in [4.69, 9.17) is 0 Å². The Bertz CT molecular complexity index is 782. The van der Waals surface area contributed by atoms with Gasteiger partial charge >= 0.3 is 0 Å². The first-order valence-corrected chi connectivity index (χ1v) is 8.04.